The molecule has 2 N–H and O–H groups in total. The van der Waals surface area contributed by atoms with Crippen LogP contribution in [0.15, 0.2) is 28.8 Å². The minimum atomic E-state index is -0.550. The maximum absolute atomic E-state index is 5.63. The van der Waals surface area contributed by atoms with Crippen LogP contribution in [0.2, 0.25) is 0 Å². The third-order valence-electron chi connectivity index (χ3n) is 3.08. The molecule has 0 spiro atoms. The normalized spacial score (nSPS) is 11.8. The summed E-state index contributed by atoms with van der Waals surface area (Å²) in [5, 5.41) is 4.02. The van der Waals surface area contributed by atoms with E-state index in [-0.39, 0.29) is 0 Å². The SMILES string of the molecule is CCOC(C)(C)c1noc(-c2cccc(CCN)c2)n1. The molecule has 5 heteroatoms. The van der Waals surface area contributed by atoms with Crippen molar-refractivity contribution in [3.05, 3.63) is 35.7 Å². The van der Waals surface area contributed by atoms with Crippen molar-refractivity contribution < 1.29 is 9.26 Å². The van der Waals surface area contributed by atoms with Crippen LogP contribution >= 0.6 is 0 Å². The van der Waals surface area contributed by atoms with Crippen molar-refractivity contribution in [3.8, 4) is 11.5 Å². The third kappa shape index (κ3) is 3.23. The molecular weight excluding hydrogens is 254 g/mol. The summed E-state index contributed by atoms with van der Waals surface area (Å²) >= 11 is 0. The first-order valence-electron chi connectivity index (χ1n) is 6.84. The van der Waals surface area contributed by atoms with E-state index in [0.29, 0.717) is 24.9 Å². The van der Waals surface area contributed by atoms with Gasteiger partial charge in [0.1, 0.15) is 5.60 Å². The second-order valence-corrected chi connectivity index (χ2v) is 5.11. The van der Waals surface area contributed by atoms with Gasteiger partial charge in [0.2, 0.25) is 5.82 Å². The van der Waals surface area contributed by atoms with Crippen LogP contribution in [-0.2, 0) is 16.8 Å². The van der Waals surface area contributed by atoms with E-state index in [1.165, 1.54) is 0 Å². The fourth-order valence-corrected chi connectivity index (χ4v) is 2.04. The van der Waals surface area contributed by atoms with Crippen LogP contribution in [0.1, 0.15) is 32.2 Å². The molecule has 0 radical (unpaired) electrons. The lowest BCUT2D eigenvalue weighted by molar-refractivity contribution is -0.0221. The number of aromatic nitrogens is 2. The Morgan fingerprint density at radius 1 is 1.35 bits per heavy atom. The highest BCUT2D eigenvalue weighted by molar-refractivity contribution is 5.54. The summed E-state index contributed by atoms with van der Waals surface area (Å²) in [4.78, 5) is 4.44. The Hall–Kier alpha value is -1.72. The fraction of sp³-hybridized carbons (Fsp3) is 0.467. The topological polar surface area (TPSA) is 74.2 Å². The second kappa shape index (κ2) is 6.15. The quantitative estimate of drug-likeness (QED) is 0.876. The zero-order valence-corrected chi connectivity index (χ0v) is 12.2. The summed E-state index contributed by atoms with van der Waals surface area (Å²) in [5.41, 5.74) is 7.09. The Balaban J connectivity index is 2.26. The Bertz CT molecular complexity index is 564. The Labute approximate surface area is 119 Å². The van der Waals surface area contributed by atoms with Crippen molar-refractivity contribution in [1.29, 1.82) is 0 Å². The molecule has 5 nitrogen and oxygen atoms in total. The van der Waals surface area contributed by atoms with Gasteiger partial charge in [0.25, 0.3) is 5.89 Å². The van der Waals surface area contributed by atoms with Crippen molar-refractivity contribution in [2.45, 2.75) is 32.8 Å². The van der Waals surface area contributed by atoms with E-state index in [9.17, 15) is 0 Å². The molecule has 1 heterocycles. The van der Waals surface area contributed by atoms with Gasteiger partial charge in [0.15, 0.2) is 0 Å². The molecule has 0 bridgehead atoms. The van der Waals surface area contributed by atoms with E-state index in [1.54, 1.807) is 0 Å². The lowest BCUT2D eigenvalue weighted by atomic mass is 10.1. The molecule has 0 saturated carbocycles. The third-order valence-corrected chi connectivity index (χ3v) is 3.08. The van der Waals surface area contributed by atoms with Crippen LogP contribution in [-0.4, -0.2) is 23.3 Å². The molecule has 0 fully saturated rings. The maximum atomic E-state index is 5.63. The number of ether oxygens (including phenoxy) is 1. The minimum Gasteiger partial charge on any atom is -0.368 e. The highest BCUT2D eigenvalue weighted by Crippen LogP contribution is 2.25. The van der Waals surface area contributed by atoms with E-state index in [4.69, 9.17) is 15.0 Å². The van der Waals surface area contributed by atoms with Crippen molar-refractivity contribution >= 4 is 0 Å². The summed E-state index contributed by atoms with van der Waals surface area (Å²) in [7, 11) is 0. The summed E-state index contributed by atoms with van der Waals surface area (Å²) < 4.78 is 11.0. The summed E-state index contributed by atoms with van der Waals surface area (Å²) in [6.07, 6.45) is 0.833. The smallest absolute Gasteiger partial charge is 0.258 e. The van der Waals surface area contributed by atoms with E-state index >= 15 is 0 Å². The highest BCUT2D eigenvalue weighted by atomic mass is 16.5. The molecule has 0 aliphatic rings. The zero-order valence-electron chi connectivity index (χ0n) is 12.2. The second-order valence-electron chi connectivity index (χ2n) is 5.11. The Morgan fingerprint density at radius 2 is 2.15 bits per heavy atom. The standard InChI is InChI=1S/C15H21N3O2/c1-4-19-15(2,3)14-17-13(20-18-14)12-7-5-6-11(10-12)8-9-16/h5-7,10H,4,8-9,16H2,1-3H3. The molecule has 2 rings (SSSR count). The molecule has 20 heavy (non-hydrogen) atoms. The number of hydrogen-bond donors (Lipinski definition) is 1. The predicted molar refractivity (Wildman–Crippen MR) is 77.1 cm³/mol. The monoisotopic (exact) mass is 275 g/mol. The van der Waals surface area contributed by atoms with Gasteiger partial charge in [-0.2, -0.15) is 4.98 Å². The molecule has 0 aliphatic heterocycles. The minimum absolute atomic E-state index is 0.506. The summed E-state index contributed by atoms with van der Waals surface area (Å²) in [6, 6.07) is 7.98. The number of nitrogens with two attached hydrogens (primary N) is 1. The average Bonchev–Trinajstić information content (AvgIpc) is 2.90. The van der Waals surface area contributed by atoms with Crippen molar-refractivity contribution in [3.63, 3.8) is 0 Å². The van der Waals surface area contributed by atoms with Gasteiger partial charge in [0.05, 0.1) is 0 Å². The number of rotatable bonds is 6. The van der Waals surface area contributed by atoms with Crippen LogP contribution in [0.3, 0.4) is 0 Å². The number of hydrogen-bond acceptors (Lipinski definition) is 5. The molecule has 1 aromatic heterocycles. The van der Waals surface area contributed by atoms with Gasteiger partial charge in [-0.3, -0.25) is 0 Å². The molecule has 0 amide bonds. The van der Waals surface area contributed by atoms with Crippen LogP contribution in [0.25, 0.3) is 11.5 Å². The fourth-order valence-electron chi connectivity index (χ4n) is 2.04. The van der Waals surface area contributed by atoms with Crippen LogP contribution in [0.5, 0.6) is 0 Å². The summed E-state index contributed by atoms with van der Waals surface area (Å²) in [6.45, 7) is 7.02. The zero-order chi connectivity index (χ0) is 14.6. The van der Waals surface area contributed by atoms with Gasteiger partial charge in [-0.05, 0) is 51.4 Å². The molecule has 1 aromatic carbocycles. The van der Waals surface area contributed by atoms with Gasteiger partial charge in [0, 0.05) is 12.2 Å². The molecule has 0 unspecified atom stereocenters. The lowest BCUT2D eigenvalue weighted by Gasteiger charge is -2.19. The van der Waals surface area contributed by atoms with Gasteiger partial charge < -0.3 is 15.0 Å². The van der Waals surface area contributed by atoms with Crippen molar-refractivity contribution in [1.82, 2.24) is 10.1 Å². The highest BCUT2D eigenvalue weighted by Gasteiger charge is 2.27. The van der Waals surface area contributed by atoms with Gasteiger partial charge in [-0.1, -0.05) is 17.3 Å². The molecule has 2 aromatic rings. The molecular formula is C15H21N3O2. The van der Waals surface area contributed by atoms with Crippen LogP contribution < -0.4 is 5.73 Å². The van der Waals surface area contributed by atoms with E-state index < -0.39 is 5.60 Å². The molecule has 0 aliphatic carbocycles. The Morgan fingerprint density at radius 3 is 2.85 bits per heavy atom. The first-order chi connectivity index (χ1) is 9.56. The Kier molecular flexibility index (Phi) is 4.52. The molecule has 108 valence electrons. The van der Waals surface area contributed by atoms with E-state index in [1.807, 2.05) is 45.0 Å². The molecule has 0 atom stereocenters. The average molecular weight is 275 g/mol. The summed E-state index contributed by atoms with van der Waals surface area (Å²) in [5.74, 6) is 1.06. The van der Waals surface area contributed by atoms with Crippen molar-refractivity contribution in [2.75, 3.05) is 13.2 Å². The van der Waals surface area contributed by atoms with E-state index in [0.717, 1.165) is 17.5 Å². The van der Waals surface area contributed by atoms with Gasteiger partial charge >= 0.3 is 0 Å². The maximum Gasteiger partial charge on any atom is 0.258 e. The molecule has 0 saturated heterocycles. The van der Waals surface area contributed by atoms with Gasteiger partial charge in [-0.15, -0.1) is 0 Å². The lowest BCUT2D eigenvalue weighted by Crippen LogP contribution is -2.23. The van der Waals surface area contributed by atoms with E-state index in [2.05, 4.69) is 10.1 Å². The first kappa shape index (κ1) is 14.7. The van der Waals surface area contributed by atoms with Crippen LogP contribution in [0.4, 0.5) is 0 Å². The van der Waals surface area contributed by atoms with Crippen LogP contribution in [0, 0.1) is 0 Å². The largest absolute Gasteiger partial charge is 0.368 e. The van der Waals surface area contributed by atoms with Gasteiger partial charge in [-0.25, -0.2) is 0 Å². The predicted octanol–water partition coefficient (Wildman–Crippen LogP) is 2.51. The number of nitrogens with zero attached hydrogens (tertiary/aromatic N) is 2. The van der Waals surface area contributed by atoms with Crippen molar-refractivity contribution in [2.24, 2.45) is 5.73 Å². The first-order valence-corrected chi connectivity index (χ1v) is 6.84. The number of benzene rings is 1.